The van der Waals surface area contributed by atoms with Crippen LogP contribution >= 0.6 is 0 Å². The number of anilines is 2. The molecule has 0 aromatic heterocycles. The minimum atomic E-state index is -5.15. The second kappa shape index (κ2) is 16.9. The Bertz CT molecular complexity index is 3020. The summed E-state index contributed by atoms with van der Waals surface area (Å²) in [7, 11) is -19.6. The number of nitrogens with one attached hydrogen (secondary N) is 2. The van der Waals surface area contributed by atoms with Gasteiger partial charge in [0.05, 0.1) is 37.4 Å². The number of hydrogen-bond donors (Lipinski definition) is 5. The Morgan fingerprint density at radius 1 is 0.525 bits per heavy atom. The molecular formula is C35H27N6NaO13S4. The molecule has 6 aromatic rings. The molecular weight excluding hydrogens is 864 g/mol. The van der Waals surface area contributed by atoms with Crippen molar-refractivity contribution in [1.82, 2.24) is 0 Å². The van der Waals surface area contributed by atoms with Crippen LogP contribution in [0, 0.1) is 13.8 Å². The summed E-state index contributed by atoms with van der Waals surface area (Å²) >= 11 is 0. The molecule has 0 atom stereocenters. The van der Waals surface area contributed by atoms with E-state index >= 15 is 0 Å². The maximum Gasteiger partial charge on any atom is 1.00 e. The van der Waals surface area contributed by atoms with Gasteiger partial charge >= 0.3 is 35.6 Å². The molecule has 0 aliphatic heterocycles. The minimum Gasteiger partial charge on any atom is -0.744 e. The third kappa shape index (κ3) is 10.8. The molecule has 0 heterocycles. The number of nitrogens with zero attached hydrogens (tertiary/aromatic N) is 4. The molecule has 5 N–H and O–H groups in total. The van der Waals surface area contributed by atoms with Gasteiger partial charge in [0, 0.05) is 22.1 Å². The maximum atomic E-state index is 12.8. The van der Waals surface area contributed by atoms with Crippen molar-refractivity contribution in [2.45, 2.75) is 33.4 Å². The molecule has 59 heavy (non-hydrogen) atoms. The van der Waals surface area contributed by atoms with E-state index in [1.807, 2.05) is 0 Å². The molecule has 0 unspecified atom stereocenters. The van der Waals surface area contributed by atoms with Crippen LogP contribution in [0.15, 0.2) is 137 Å². The number of fused-ring (bicyclic) bond motifs is 2. The van der Waals surface area contributed by atoms with E-state index in [1.165, 1.54) is 36.4 Å². The first-order valence-electron chi connectivity index (χ1n) is 16.1. The van der Waals surface area contributed by atoms with Crippen LogP contribution in [-0.2, 0) is 40.5 Å². The number of carbonyl (C=O) groups is 1. The Kier molecular flexibility index (Phi) is 12.9. The van der Waals surface area contributed by atoms with Gasteiger partial charge in [-0.15, -0.1) is 0 Å². The summed E-state index contributed by atoms with van der Waals surface area (Å²) < 4.78 is 135. The summed E-state index contributed by atoms with van der Waals surface area (Å²) in [5.74, 6) is 0. The third-order valence-electron chi connectivity index (χ3n) is 8.35. The van der Waals surface area contributed by atoms with E-state index < -0.39 is 66.1 Å². The van der Waals surface area contributed by atoms with Crippen molar-refractivity contribution in [3.05, 3.63) is 108 Å². The zero-order valence-electron chi connectivity index (χ0n) is 30.6. The van der Waals surface area contributed by atoms with Crippen LogP contribution in [0.5, 0.6) is 0 Å². The molecule has 0 saturated heterocycles. The van der Waals surface area contributed by atoms with Crippen molar-refractivity contribution in [1.29, 1.82) is 0 Å². The summed E-state index contributed by atoms with van der Waals surface area (Å²) in [6.07, 6.45) is 0. The summed E-state index contributed by atoms with van der Waals surface area (Å²) in [4.78, 5) is 9.73. The van der Waals surface area contributed by atoms with Gasteiger partial charge in [0.25, 0.3) is 30.4 Å². The summed E-state index contributed by atoms with van der Waals surface area (Å²) in [5, 5.41) is 21.9. The molecule has 6 aromatic carbocycles. The van der Waals surface area contributed by atoms with Crippen molar-refractivity contribution in [2.24, 2.45) is 20.5 Å². The first kappa shape index (κ1) is 45.0. The normalized spacial score (nSPS) is 12.6. The van der Waals surface area contributed by atoms with Gasteiger partial charge in [-0.05, 0) is 121 Å². The van der Waals surface area contributed by atoms with Gasteiger partial charge in [0.2, 0.25) is 0 Å². The van der Waals surface area contributed by atoms with Gasteiger partial charge < -0.3 is 15.2 Å². The number of hydrogen-bond acceptors (Lipinski definition) is 14. The molecule has 24 heteroatoms. The van der Waals surface area contributed by atoms with E-state index in [0.29, 0.717) is 46.0 Å². The Balaban J connectivity index is 0.00000661. The van der Waals surface area contributed by atoms with Crippen LogP contribution in [0.4, 0.5) is 38.9 Å². The quantitative estimate of drug-likeness (QED) is 0.0706. The van der Waals surface area contributed by atoms with Gasteiger partial charge in [-0.1, -0.05) is 12.1 Å². The molecule has 0 radical (unpaired) electrons. The van der Waals surface area contributed by atoms with Crippen LogP contribution < -0.4 is 40.2 Å². The summed E-state index contributed by atoms with van der Waals surface area (Å²) in [6, 6.07) is 20.1. The summed E-state index contributed by atoms with van der Waals surface area (Å²) in [6.45, 7) is 3.39. The van der Waals surface area contributed by atoms with E-state index in [1.54, 1.807) is 50.2 Å². The number of urea groups is 1. The van der Waals surface area contributed by atoms with E-state index in [-0.39, 0.29) is 62.5 Å². The zero-order chi connectivity index (χ0) is 42.4. The smallest absolute Gasteiger partial charge is 0.744 e. The molecule has 0 bridgehead atoms. The zero-order valence-corrected chi connectivity index (χ0v) is 35.8. The second-order valence-electron chi connectivity index (χ2n) is 12.5. The average Bonchev–Trinajstić information content (AvgIpc) is 3.11. The Morgan fingerprint density at radius 2 is 0.932 bits per heavy atom. The average molecular weight is 891 g/mol. The minimum absolute atomic E-state index is 0. The van der Waals surface area contributed by atoms with Gasteiger partial charge in [-0.25, -0.2) is 13.2 Å². The Morgan fingerprint density at radius 3 is 1.31 bits per heavy atom. The maximum absolute atomic E-state index is 12.8. The second-order valence-corrected chi connectivity index (χ2v) is 18.1. The van der Waals surface area contributed by atoms with Gasteiger partial charge in [0.15, 0.2) is 0 Å². The number of azo groups is 2. The van der Waals surface area contributed by atoms with Crippen LogP contribution in [0.1, 0.15) is 11.1 Å². The van der Waals surface area contributed by atoms with Crippen molar-refractivity contribution in [2.75, 3.05) is 10.6 Å². The van der Waals surface area contributed by atoms with E-state index in [0.717, 1.165) is 12.1 Å². The van der Waals surface area contributed by atoms with E-state index in [2.05, 4.69) is 31.1 Å². The monoisotopic (exact) mass is 890 g/mol. The van der Waals surface area contributed by atoms with Crippen LogP contribution in [0.2, 0.25) is 0 Å². The number of benzene rings is 6. The Hall–Kier alpha value is -5.05. The number of amides is 2. The van der Waals surface area contributed by atoms with Crippen LogP contribution in [0.25, 0.3) is 21.5 Å². The molecule has 19 nitrogen and oxygen atoms in total. The van der Waals surface area contributed by atoms with Crippen molar-refractivity contribution in [3.8, 4) is 0 Å². The molecule has 2 amide bonds. The fourth-order valence-corrected chi connectivity index (χ4v) is 8.30. The van der Waals surface area contributed by atoms with E-state index in [9.17, 15) is 56.7 Å². The molecule has 0 spiro atoms. The van der Waals surface area contributed by atoms with E-state index in [4.69, 9.17) is 0 Å². The predicted molar refractivity (Wildman–Crippen MR) is 209 cm³/mol. The Labute approximate surface area is 358 Å². The molecule has 0 saturated carbocycles. The fourth-order valence-electron chi connectivity index (χ4n) is 5.62. The molecule has 6 rings (SSSR count). The standard InChI is InChI=1S/C35H28N6O13S4.Na/c1-19-11-23(7-9-31(19)40-38-25-5-3-21-13-27(55(43,44)45)17-33(29(21)15-25)57(49,50)51)36-35(42)37-24-8-10-32(20(2)12-24)41-39-26-6-4-22-14-28(56(46,47)48)18-34(30(22)16-26)58(52,53)54;/h3-18H,1-2H3,(H2,36,37,42)(H,43,44,45)(H,46,47,48)(H,49,50,51)(H,52,53,54);/q;+1/p-1. The van der Waals surface area contributed by atoms with Gasteiger partial charge in [-0.2, -0.15) is 45.7 Å². The molecule has 0 aliphatic rings. The number of rotatable bonds is 10. The SMILES string of the molecule is Cc1cc(NC(=O)Nc2ccc(N=Nc3ccc4cc(S(=O)(=O)O)cc(S(=O)(=O)O)c4c3)c(C)c2)ccc1N=Nc1ccc2cc(S(=O)(=O)O)cc(S(=O)(=O)[O-])c2c1.[Na+]. The largest absolute Gasteiger partial charge is 1.00 e. The first-order valence-corrected chi connectivity index (χ1v) is 21.9. The van der Waals surface area contributed by atoms with Gasteiger partial charge in [-0.3, -0.25) is 13.7 Å². The van der Waals surface area contributed by atoms with Crippen LogP contribution in [0.3, 0.4) is 0 Å². The first-order chi connectivity index (χ1) is 27.0. The fraction of sp³-hybridized carbons (Fsp3) is 0.0571. The predicted octanol–water partition coefficient (Wildman–Crippen LogP) is 4.73. The van der Waals surface area contributed by atoms with Crippen LogP contribution in [-0.4, -0.2) is 57.9 Å². The van der Waals surface area contributed by atoms with Gasteiger partial charge in [0.1, 0.15) is 15.0 Å². The van der Waals surface area contributed by atoms with Crippen molar-refractivity contribution >= 4 is 102 Å². The third-order valence-corrected chi connectivity index (χ3v) is 11.8. The number of carbonyl (C=O) groups excluding carboxylic acids is 1. The summed E-state index contributed by atoms with van der Waals surface area (Å²) in [5.41, 5.74) is 2.99. The molecule has 300 valence electrons. The molecule has 0 fully saturated rings. The topological polar surface area (TPSA) is 311 Å². The molecule has 0 aliphatic carbocycles. The van der Waals surface area contributed by atoms with Crippen molar-refractivity contribution < 1.29 is 86.2 Å². The number of aryl methyl sites for hydroxylation is 2. The van der Waals surface area contributed by atoms with Crippen molar-refractivity contribution in [3.63, 3.8) is 0 Å².